The third-order valence-electron chi connectivity index (χ3n) is 18.1. The van der Waals surface area contributed by atoms with E-state index in [0.717, 1.165) is 56.4 Å². The summed E-state index contributed by atoms with van der Waals surface area (Å²) in [6.45, 7) is 27.3. The van der Waals surface area contributed by atoms with Gasteiger partial charge in [0.05, 0.1) is 5.41 Å². The van der Waals surface area contributed by atoms with E-state index >= 15 is 0 Å². The fourth-order valence-corrected chi connectivity index (χ4v) is 13.1. The predicted octanol–water partition coefficient (Wildman–Crippen LogP) is 21.6. The summed E-state index contributed by atoms with van der Waals surface area (Å²) in [5.74, 6) is 1.92. The van der Waals surface area contributed by atoms with Gasteiger partial charge in [-0.2, -0.15) is 0 Å². The van der Waals surface area contributed by atoms with Crippen LogP contribution in [0.2, 0.25) is 0 Å². The topological polar surface area (TPSA) is 84.3 Å². The Balaban J connectivity index is 0.916. The van der Waals surface area contributed by atoms with Crippen molar-refractivity contribution in [1.29, 1.82) is 0 Å². The summed E-state index contributed by atoms with van der Waals surface area (Å²) in [5, 5.41) is 18.1. The van der Waals surface area contributed by atoms with Gasteiger partial charge in [-0.3, -0.25) is 0 Å². The average Bonchev–Trinajstić information content (AvgIpc) is 1.51. The number of aromatic nitrogens is 4. The molecule has 440 valence electrons. The molecule has 0 unspecified atom stereocenters. The second kappa shape index (κ2) is 21.2. The lowest BCUT2D eigenvalue weighted by Crippen LogP contribution is -2.28. The fourth-order valence-electron chi connectivity index (χ4n) is 13.1. The van der Waals surface area contributed by atoms with Crippen molar-refractivity contribution in [2.24, 2.45) is 0 Å². The Morgan fingerprint density at radius 1 is 0.258 bits per heavy atom. The molecule has 0 N–H and O–H groups in total. The van der Waals surface area contributed by atoms with Crippen molar-refractivity contribution in [2.75, 3.05) is 9.80 Å². The van der Waals surface area contributed by atoms with E-state index in [2.05, 4.69) is 344 Å². The molecule has 2 aromatic heterocycles. The maximum Gasteiger partial charge on any atom is 0.248 e. The average molecular weight is 1160 g/mol. The van der Waals surface area contributed by atoms with Gasteiger partial charge in [0.1, 0.15) is 0 Å². The maximum atomic E-state index is 6.37. The van der Waals surface area contributed by atoms with Crippen LogP contribution < -0.4 is 9.80 Å². The van der Waals surface area contributed by atoms with Crippen LogP contribution in [0.4, 0.5) is 34.1 Å². The molecule has 0 fully saturated rings. The monoisotopic (exact) mass is 1160 g/mol. The molecule has 0 aliphatic heterocycles. The number of para-hydroxylation sites is 2. The predicted molar refractivity (Wildman–Crippen MR) is 364 cm³/mol. The Bertz CT molecular complexity index is 4310. The number of hydrogen-bond acceptors (Lipinski definition) is 8. The van der Waals surface area contributed by atoms with E-state index in [-0.39, 0.29) is 21.7 Å². The second-order valence-corrected chi connectivity index (χ2v) is 28.1. The smallest absolute Gasteiger partial charge is 0.248 e. The van der Waals surface area contributed by atoms with Gasteiger partial charge in [-0.15, -0.1) is 20.4 Å². The first-order valence-corrected chi connectivity index (χ1v) is 31.0. The van der Waals surface area contributed by atoms with Crippen molar-refractivity contribution in [3.8, 4) is 68.1 Å². The summed E-state index contributed by atoms with van der Waals surface area (Å²) < 4.78 is 12.7. The summed E-state index contributed by atoms with van der Waals surface area (Å²) in [4.78, 5) is 4.74. The largest absolute Gasteiger partial charge is 0.416 e. The lowest BCUT2D eigenvalue weighted by atomic mass is 9.68. The summed E-state index contributed by atoms with van der Waals surface area (Å²) in [6.07, 6.45) is 0. The van der Waals surface area contributed by atoms with E-state index in [9.17, 15) is 0 Å². The van der Waals surface area contributed by atoms with E-state index < -0.39 is 5.41 Å². The lowest BCUT2D eigenvalue weighted by molar-refractivity contribution is 0.582. The minimum atomic E-state index is -0.728. The van der Waals surface area contributed by atoms with Crippen LogP contribution in [0.15, 0.2) is 239 Å². The summed E-state index contributed by atoms with van der Waals surface area (Å²) >= 11 is 0. The van der Waals surface area contributed by atoms with Gasteiger partial charge in [0.25, 0.3) is 0 Å². The molecule has 2 aliphatic carbocycles. The first-order chi connectivity index (χ1) is 42.6. The third kappa shape index (κ3) is 10.0. The molecule has 8 heteroatoms. The van der Waals surface area contributed by atoms with Crippen LogP contribution in [0.5, 0.6) is 0 Å². The SMILES string of the molecule is CC(C)(C)c1ccc(-c2nnc(-c3ccc(N(c4ccccc4)c4ccc5c(c4)C4(c6cc(N(c7ccccc7)c7ccc(-c8nnc(-c9ccc(C(C)(C)C)cc9)o8)cc7)ccc6-5)c5cc(C(C)(C)C)ccc5-c5ccc(C(C)(C)C)cc54)cc3)o2)cc1. The summed E-state index contributed by atoms with van der Waals surface area (Å²) in [6, 6.07) is 84.0. The van der Waals surface area contributed by atoms with E-state index in [4.69, 9.17) is 8.83 Å². The Morgan fingerprint density at radius 2 is 0.506 bits per heavy atom. The van der Waals surface area contributed by atoms with Crippen LogP contribution in [0.1, 0.15) is 128 Å². The Labute approximate surface area is 523 Å². The van der Waals surface area contributed by atoms with Crippen LogP contribution in [-0.4, -0.2) is 20.4 Å². The molecule has 1 spiro atoms. The summed E-state index contributed by atoms with van der Waals surface area (Å²) in [5.41, 5.74) is 23.8. The van der Waals surface area contributed by atoms with Crippen LogP contribution in [0.25, 0.3) is 68.1 Å². The fraction of sp³-hybridized carbons (Fsp3) is 0.210. The molecule has 12 aromatic rings. The zero-order chi connectivity index (χ0) is 61.8. The minimum absolute atomic E-state index is 0.0390. The number of anilines is 6. The van der Waals surface area contributed by atoms with Gasteiger partial charge in [0.15, 0.2) is 0 Å². The number of fused-ring (bicyclic) bond motifs is 10. The molecule has 0 saturated heterocycles. The second-order valence-electron chi connectivity index (χ2n) is 28.1. The molecule has 8 nitrogen and oxygen atoms in total. The minimum Gasteiger partial charge on any atom is -0.416 e. The van der Waals surface area contributed by atoms with Crippen LogP contribution >= 0.6 is 0 Å². The highest BCUT2D eigenvalue weighted by Gasteiger charge is 2.53. The van der Waals surface area contributed by atoms with E-state index in [0.29, 0.717) is 23.6 Å². The highest BCUT2D eigenvalue weighted by Crippen LogP contribution is 2.65. The maximum absolute atomic E-state index is 6.37. The van der Waals surface area contributed by atoms with Gasteiger partial charge in [-0.1, -0.05) is 192 Å². The van der Waals surface area contributed by atoms with Crippen molar-refractivity contribution < 1.29 is 8.83 Å². The van der Waals surface area contributed by atoms with E-state index in [1.165, 1.54) is 66.8 Å². The van der Waals surface area contributed by atoms with Crippen molar-refractivity contribution in [2.45, 2.75) is 110 Å². The molecule has 0 bridgehead atoms. The highest BCUT2D eigenvalue weighted by atomic mass is 16.4. The zero-order valence-electron chi connectivity index (χ0n) is 52.9. The van der Waals surface area contributed by atoms with Gasteiger partial charge >= 0.3 is 0 Å². The Hall–Kier alpha value is -9.92. The number of nitrogens with zero attached hydrogens (tertiary/aromatic N) is 6. The molecule has 89 heavy (non-hydrogen) atoms. The number of benzene rings is 10. The third-order valence-corrected chi connectivity index (χ3v) is 18.1. The standard InChI is InChI=1S/C81H74N6O2/c1-77(2,3)55-31-23-51(24-32-55)73-82-84-75(88-73)53-27-37-61(38-28-53)86(59-19-15-13-16-20-59)63-41-45-67-68-46-42-64(50-72(68)81(71(67)49-63)69-47-57(79(7,8)9)35-43-65(69)66-44-36-58(48-70(66)81)80(10,11)12)87(60-21-17-14-18-22-60)62-39-29-54(30-40-62)76-85-83-74(89-76)52-25-33-56(34-26-52)78(4,5)6/h13-50H,1-12H3. The molecule has 0 radical (unpaired) electrons. The van der Waals surface area contributed by atoms with Crippen LogP contribution in [0.3, 0.4) is 0 Å². The Kier molecular flexibility index (Phi) is 13.5. The van der Waals surface area contributed by atoms with E-state index in [1.54, 1.807) is 0 Å². The van der Waals surface area contributed by atoms with Crippen LogP contribution in [0, 0.1) is 0 Å². The lowest BCUT2D eigenvalue weighted by Gasteiger charge is -2.34. The molecule has 0 atom stereocenters. The van der Waals surface area contributed by atoms with Crippen molar-refractivity contribution >= 4 is 34.1 Å². The molecule has 10 aromatic carbocycles. The first-order valence-electron chi connectivity index (χ1n) is 31.0. The normalized spacial score (nSPS) is 13.3. The summed E-state index contributed by atoms with van der Waals surface area (Å²) in [7, 11) is 0. The van der Waals surface area contributed by atoms with Crippen molar-refractivity contribution in [1.82, 2.24) is 20.4 Å². The van der Waals surface area contributed by atoms with Gasteiger partial charge < -0.3 is 18.6 Å². The van der Waals surface area contributed by atoms with Gasteiger partial charge in [-0.25, -0.2) is 0 Å². The molecule has 0 amide bonds. The number of rotatable bonds is 10. The van der Waals surface area contributed by atoms with Gasteiger partial charge in [0, 0.05) is 56.4 Å². The molecule has 2 aliphatic rings. The van der Waals surface area contributed by atoms with E-state index in [1.807, 2.05) is 0 Å². The molecule has 14 rings (SSSR count). The molecular weight excluding hydrogens is 1090 g/mol. The quantitative estimate of drug-likeness (QED) is 0.134. The van der Waals surface area contributed by atoms with Gasteiger partial charge in [-0.05, 0) is 210 Å². The zero-order valence-corrected chi connectivity index (χ0v) is 52.9. The van der Waals surface area contributed by atoms with Crippen LogP contribution in [-0.2, 0) is 27.1 Å². The van der Waals surface area contributed by atoms with Crippen molar-refractivity contribution in [3.63, 3.8) is 0 Å². The van der Waals surface area contributed by atoms with Crippen molar-refractivity contribution in [3.05, 3.63) is 275 Å². The Morgan fingerprint density at radius 3 is 0.809 bits per heavy atom. The highest BCUT2D eigenvalue weighted by molar-refractivity contribution is 5.98. The van der Waals surface area contributed by atoms with Gasteiger partial charge in [0.2, 0.25) is 23.6 Å². The first kappa shape index (κ1) is 56.9. The number of hydrogen-bond donors (Lipinski definition) is 0. The molecule has 2 heterocycles. The molecular formula is C81H74N6O2. The molecule has 0 saturated carbocycles.